The topological polar surface area (TPSA) is 92.8 Å². The summed E-state index contributed by atoms with van der Waals surface area (Å²) in [5.41, 5.74) is 5.88. The molecule has 7 nitrogen and oxygen atoms in total. The first-order chi connectivity index (χ1) is 13.6. The molecule has 1 heterocycles. The van der Waals surface area contributed by atoms with Crippen molar-refractivity contribution in [2.45, 2.75) is 26.9 Å². The van der Waals surface area contributed by atoms with Gasteiger partial charge in [0.2, 0.25) is 0 Å². The number of rotatable bonds is 7. The van der Waals surface area contributed by atoms with E-state index in [-0.39, 0.29) is 24.0 Å². The zero-order valence-electron chi connectivity index (χ0n) is 15.6. The fraction of sp³-hybridized carbons (Fsp3) is 0.250. The molecule has 0 spiro atoms. The second-order valence-corrected chi connectivity index (χ2v) is 6.35. The molecule has 2 N–H and O–H groups in total. The molecule has 28 heavy (non-hydrogen) atoms. The molecule has 1 aromatic heterocycles. The van der Waals surface area contributed by atoms with Gasteiger partial charge in [-0.05, 0) is 54.8 Å². The van der Waals surface area contributed by atoms with E-state index in [1.54, 1.807) is 13.0 Å². The van der Waals surface area contributed by atoms with E-state index in [1.165, 1.54) is 23.3 Å². The van der Waals surface area contributed by atoms with Crippen molar-refractivity contribution in [2.24, 2.45) is 4.99 Å². The molecule has 0 amide bonds. The maximum Gasteiger partial charge on any atom is 0.182 e. The number of hydrogen-bond donors (Lipinski definition) is 2. The van der Waals surface area contributed by atoms with Crippen LogP contribution in [0.5, 0.6) is 0 Å². The number of nitrogens with zero attached hydrogens (tertiary/aromatic N) is 3. The second-order valence-electron chi connectivity index (χ2n) is 6.35. The van der Waals surface area contributed by atoms with Crippen molar-refractivity contribution in [1.29, 1.82) is 0 Å². The number of nitrogens with one attached hydrogen (secondary N) is 1. The molecule has 0 saturated carbocycles. The van der Waals surface area contributed by atoms with E-state index in [1.807, 2.05) is 12.4 Å². The highest BCUT2D eigenvalue weighted by Gasteiger charge is 2.17. The van der Waals surface area contributed by atoms with Crippen molar-refractivity contribution in [1.82, 2.24) is 15.8 Å². The Morgan fingerprint density at radius 2 is 1.96 bits per heavy atom. The SMILES string of the molecule is Cc1ccc(CCOCc2nonc2C(=Nc2ccc(F)c(C)c2)NO)cc1. The van der Waals surface area contributed by atoms with Gasteiger partial charge in [-0.2, -0.15) is 0 Å². The lowest BCUT2D eigenvalue weighted by Crippen LogP contribution is -2.22. The van der Waals surface area contributed by atoms with Gasteiger partial charge in [0.05, 0.1) is 18.9 Å². The Kier molecular flexibility index (Phi) is 6.46. The van der Waals surface area contributed by atoms with Crippen LogP contribution in [0.15, 0.2) is 52.1 Å². The highest BCUT2D eigenvalue weighted by molar-refractivity contribution is 5.98. The van der Waals surface area contributed by atoms with Crippen LogP contribution in [0.1, 0.15) is 28.1 Å². The molecule has 0 aliphatic rings. The molecule has 0 bridgehead atoms. The summed E-state index contributed by atoms with van der Waals surface area (Å²) in [7, 11) is 0. The normalized spacial score (nSPS) is 11.6. The Morgan fingerprint density at radius 1 is 1.18 bits per heavy atom. The molecule has 0 radical (unpaired) electrons. The van der Waals surface area contributed by atoms with E-state index in [0.29, 0.717) is 23.6 Å². The maximum absolute atomic E-state index is 13.4. The fourth-order valence-corrected chi connectivity index (χ4v) is 2.55. The molecule has 0 aliphatic heterocycles. The number of aryl methyl sites for hydroxylation is 2. The summed E-state index contributed by atoms with van der Waals surface area (Å²) in [4.78, 5) is 4.24. The molecular formula is C20H21FN4O3. The summed E-state index contributed by atoms with van der Waals surface area (Å²) >= 11 is 0. The number of halogens is 1. The Labute approximate surface area is 161 Å². The molecule has 0 unspecified atom stereocenters. The molecule has 3 rings (SSSR count). The molecular weight excluding hydrogens is 363 g/mol. The highest BCUT2D eigenvalue weighted by Crippen LogP contribution is 2.18. The number of hydrogen-bond acceptors (Lipinski definition) is 6. The van der Waals surface area contributed by atoms with Crippen molar-refractivity contribution in [3.05, 3.63) is 76.4 Å². The Morgan fingerprint density at radius 3 is 2.68 bits per heavy atom. The third-order valence-electron chi connectivity index (χ3n) is 4.16. The van der Waals surface area contributed by atoms with Crippen LogP contribution >= 0.6 is 0 Å². The minimum absolute atomic E-state index is 0.0318. The van der Waals surface area contributed by atoms with E-state index in [4.69, 9.17) is 9.37 Å². The second kappa shape index (κ2) is 9.20. The van der Waals surface area contributed by atoms with Gasteiger partial charge >= 0.3 is 0 Å². The molecule has 3 aromatic rings. The van der Waals surface area contributed by atoms with Crippen LogP contribution in [0.3, 0.4) is 0 Å². The average Bonchev–Trinajstić information content (AvgIpc) is 3.16. The minimum atomic E-state index is -0.330. The number of ether oxygens (including phenoxy) is 1. The van der Waals surface area contributed by atoms with Gasteiger partial charge in [-0.1, -0.05) is 35.0 Å². The Bertz CT molecular complexity index is 954. The van der Waals surface area contributed by atoms with Gasteiger partial charge in [0, 0.05) is 0 Å². The number of amidine groups is 1. The third kappa shape index (κ3) is 4.99. The first kappa shape index (κ1) is 19.7. The van der Waals surface area contributed by atoms with Crippen LogP contribution in [-0.4, -0.2) is 28.0 Å². The zero-order valence-corrected chi connectivity index (χ0v) is 15.6. The number of hydroxylamine groups is 1. The summed E-state index contributed by atoms with van der Waals surface area (Å²) in [6.45, 7) is 4.31. The monoisotopic (exact) mass is 384 g/mol. The van der Waals surface area contributed by atoms with E-state index >= 15 is 0 Å². The van der Waals surface area contributed by atoms with Crippen molar-refractivity contribution >= 4 is 11.5 Å². The van der Waals surface area contributed by atoms with Gasteiger partial charge < -0.3 is 4.74 Å². The molecule has 0 aliphatic carbocycles. The first-order valence-electron chi connectivity index (χ1n) is 8.77. The van der Waals surface area contributed by atoms with Gasteiger partial charge in [0.25, 0.3) is 0 Å². The van der Waals surface area contributed by atoms with Gasteiger partial charge in [-0.3, -0.25) is 10.7 Å². The smallest absolute Gasteiger partial charge is 0.182 e. The zero-order chi connectivity index (χ0) is 19.9. The van der Waals surface area contributed by atoms with Gasteiger partial charge in [-0.15, -0.1) is 0 Å². The summed E-state index contributed by atoms with van der Waals surface area (Å²) in [5.74, 6) is -0.299. The van der Waals surface area contributed by atoms with Gasteiger partial charge in [-0.25, -0.2) is 14.0 Å². The molecule has 8 heteroatoms. The van der Waals surface area contributed by atoms with Crippen LogP contribution in [0.2, 0.25) is 0 Å². The van der Waals surface area contributed by atoms with Gasteiger partial charge in [0.1, 0.15) is 11.5 Å². The lowest BCUT2D eigenvalue weighted by atomic mass is 10.1. The summed E-state index contributed by atoms with van der Waals surface area (Å²) in [6.07, 6.45) is 0.759. The van der Waals surface area contributed by atoms with Crippen molar-refractivity contribution in [2.75, 3.05) is 6.61 Å². The van der Waals surface area contributed by atoms with Crippen LogP contribution in [-0.2, 0) is 17.8 Å². The molecule has 0 atom stereocenters. The predicted molar refractivity (Wildman–Crippen MR) is 101 cm³/mol. The number of benzene rings is 2. The largest absolute Gasteiger partial charge is 0.375 e. The van der Waals surface area contributed by atoms with E-state index < -0.39 is 0 Å². The third-order valence-corrected chi connectivity index (χ3v) is 4.16. The fourth-order valence-electron chi connectivity index (χ4n) is 2.55. The van der Waals surface area contributed by atoms with E-state index in [0.717, 1.165) is 6.42 Å². The lowest BCUT2D eigenvalue weighted by molar-refractivity contribution is 0.118. The molecule has 0 fully saturated rings. The van der Waals surface area contributed by atoms with Crippen LogP contribution in [0, 0.1) is 19.7 Å². The first-order valence-corrected chi connectivity index (χ1v) is 8.77. The molecule has 146 valence electrons. The average molecular weight is 384 g/mol. The lowest BCUT2D eigenvalue weighted by Gasteiger charge is -2.06. The highest BCUT2D eigenvalue weighted by atomic mass is 19.1. The van der Waals surface area contributed by atoms with Crippen molar-refractivity contribution < 1.29 is 19.0 Å². The Balaban J connectivity index is 1.64. The summed E-state index contributed by atoms with van der Waals surface area (Å²) in [6, 6.07) is 12.6. The van der Waals surface area contributed by atoms with Crippen LogP contribution in [0.4, 0.5) is 10.1 Å². The van der Waals surface area contributed by atoms with E-state index in [9.17, 15) is 9.60 Å². The van der Waals surface area contributed by atoms with Crippen molar-refractivity contribution in [3.8, 4) is 0 Å². The number of aromatic nitrogens is 2. The Hall–Kier alpha value is -3.10. The standard InChI is InChI=1S/C20H21FN4O3/c1-13-3-5-15(6-4-13)9-10-27-12-18-19(25-28-24-18)20(23-26)22-16-7-8-17(21)14(2)11-16/h3-8,11,26H,9-10,12H2,1-2H3,(H,22,23). The summed E-state index contributed by atoms with van der Waals surface area (Å²) < 4.78 is 23.8. The van der Waals surface area contributed by atoms with Crippen molar-refractivity contribution in [3.63, 3.8) is 0 Å². The minimum Gasteiger partial charge on any atom is -0.375 e. The number of aliphatic imine (C=N–C) groups is 1. The molecule has 2 aromatic carbocycles. The van der Waals surface area contributed by atoms with Crippen LogP contribution < -0.4 is 5.48 Å². The predicted octanol–water partition coefficient (Wildman–Crippen LogP) is 3.64. The maximum atomic E-state index is 13.4. The quantitative estimate of drug-likeness (QED) is 0.280. The van der Waals surface area contributed by atoms with Crippen LogP contribution in [0.25, 0.3) is 0 Å². The van der Waals surface area contributed by atoms with E-state index in [2.05, 4.69) is 39.6 Å². The summed E-state index contributed by atoms with van der Waals surface area (Å²) in [5, 5.41) is 17.0. The molecule has 0 saturated heterocycles. The van der Waals surface area contributed by atoms with Gasteiger partial charge in [0.15, 0.2) is 11.5 Å².